The molecule has 2 rings (SSSR count). The summed E-state index contributed by atoms with van der Waals surface area (Å²) >= 11 is 0. The third-order valence-electron chi connectivity index (χ3n) is 3.79. The predicted octanol–water partition coefficient (Wildman–Crippen LogP) is 3.39. The molecule has 0 fully saturated rings. The van der Waals surface area contributed by atoms with Crippen LogP contribution in [-0.2, 0) is 9.53 Å². The molecule has 7 nitrogen and oxygen atoms in total. The van der Waals surface area contributed by atoms with Gasteiger partial charge in [0.1, 0.15) is 11.6 Å². The van der Waals surface area contributed by atoms with Crippen LogP contribution in [-0.4, -0.2) is 32.6 Å². The van der Waals surface area contributed by atoms with Crippen molar-refractivity contribution in [3.8, 4) is 6.07 Å². The van der Waals surface area contributed by atoms with Gasteiger partial charge in [-0.2, -0.15) is 5.26 Å². The Bertz CT molecular complexity index is 895. The van der Waals surface area contributed by atoms with Gasteiger partial charge >= 0.3 is 5.97 Å². The summed E-state index contributed by atoms with van der Waals surface area (Å²) in [5.41, 5.74) is 2.57. The Morgan fingerprint density at radius 1 is 1.07 bits per heavy atom. The van der Waals surface area contributed by atoms with Crippen LogP contribution < -0.4 is 15.5 Å². The largest absolute Gasteiger partial charge is 0.462 e. The molecule has 144 valence electrons. The fourth-order valence-corrected chi connectivity index (χ4v) is 2.26. The van der Waals surface area contributed by atoms with Crippen molar-refractivity contribution in [1.82, 2.24) is 0 Å². The van der Waals surface area contributed by atoms with Crippen molar-refractivity contribution < 1.29 is 14.3 Å². The molecule has 0 saturated carbocycles. The quantitative estimate of drug-likeness (QED) is 0.436. The van der Waals surface area contributed by atoms with E-state index in [2.05, 4.69) is 10.6 Å². The number of ether oxygens (including phenoxy) is 1. The van der Waals surface area contributed by atoms with E-state index in [1.54, 1.807) is 31.2 Å². The van der Waals surface area contributed by atoms with Crippen LogP contribution in [0.1, 0.15) is 17.3 Å². The van der Waals surface area contributed by atoms with Gasteiger partial charge < -0.3 is 20.3 Å². The van der Waals surface area contributed by atoms with E-state index in [-0.39, 0.29) is 5.57 Å². The van der Waals surface area contributed by atoms with Gasteiger partial charge in [0, 0.05) is 37.4 Å². The number of anilines is 3. The lowest BCUT2D eigenvalue weighted by molar-refractivity contribution is -0.112. The smallest absolute Gasteiger partial charge is 0.338 e. The van der Waals surface area contributed by atoms with Crippen LogP contribution in [0.15, 0.2) is 60.3 Å². The van der Waals surface area contributed by atoms with Gasteiger partial charge in [-0.1, -0.05) is 0 Å². The zero-order chi connectivity index (χ0) is 20.5. The average Bonchev–Trinajstić information content (AvgIpc) is 2.69. The minimum Gasteiger partial charge on any atom is -0.462 e. The molecule has 0 aliphatic rings. The molecular formula is C21H22N4O3. The number of carbonyl (C=O) groups is 2. The van der Waals surface area contributed by atoms with E-state index in [0.29, 0.717) is 17.9 Å². The van der Waals surface area contributed by atoms with E-state index in [1.807, 2.05) is 49.3 Å². The Kier molecular flexibility index (Phi) is 7.17. The maximum Gasteiger partial charge on any atom is 0.338 e. The summed E-state index contributed by atoms with van der Waals surface area (Å²) < 4.78 is 4.91. The van der Waals surface area contributed by atoms with E-state index in [9.17, 15) is 14.9 Å². The zero-order valence-electron chi connectivity index (χ0n) is 16.0. The van der Waals surface area contributed by atoms with E-state index in [1.165, 1.54) is 6.20 Å². The van der Waals surface area contributed by atoms with Crippen LogP contribution in [0.2, 0.25) is 0 Å². The van der Waals surface area contributed by atoms with Crippen LogP contribution in [0.3, 0.4) is 0 Å². The van der Waals surface area contributed by atoms with Gasteiger partial charge in [0.25, 0.3) is 5.91 Å². The van der Waals surface area contributed by atoms with Crippen LogP contribution in [0.4, 0.5) is 17.1 Å². The third kappa shape index (κ3) is 5.61. The molecule has 0 aliphatic carbocycles. The number of hydrogen-bond acceptors (Lipinski definition) is 6. The lowest BCUT2D eigenvalue weighted by atomic mass is 10.2. The number of carbonyl (C=O) groups excluding carboxylic acids is 2. The monoisotopic (exact) mass is 378 g/mol. The normalized spacial score (nSPS) is 10.6. The van der Waals surface area contributed by atoms with Crippen molar-refractivity contribution in [2.75, 3.05) is 36.2 Å². The molecule has 2 N–H and O–H groups in total. The van der Waals surface area contributed by atoms with Crippen LogP contribution in [0.25, 0.3) is 0 Å². The molecule has 28 heavy (non-hydrogen) atoms. The number of amides is 1. The SMILES string of the molecule is CCOC(=O)c1ccc(NC(=O)/C(C#N)=C\Nc2ccc(N(C)C)cc2)cc1. The predicted molar refractivity (Wildman–Crippen MR) is 109 cm³/mol. The van der Waals surface area contributed by atoms with Crippen LogP contribution in [0, 0.1) is 11.3 Å². The lowest BCUT2D eigenvalue weighted by Crippen LogP contribution is -2.14. The molecule has 0 heterocycles. The van der Waals surface area contributed by atoms with E-state index >= 15 is 0 Å². The third-order valence-corrected chi connectivity index (χ3v) is 3.79. The molecule has 0 spiro atoms. The van der Waals surface area contributed by atoms with Crippen molar-refractivity contribution in [3.63, 3.8) is 0 Å². The van der Waals surface area contributed by atoms with Crippen LogP contribution in [0.5, 0.6) is 0 Å². The number of nitriles is 1. The summed E-state index contributed by atoms with van der Waals surface area (Å²) in [6, 6.07) is 15.7. The summed E-state index contributed by atoms with van der Waals surface area (Å²) in [6.07, 6.45) is 1.35. The summed E-state index contributed by atoms with van der Waals surface area (Å²) in [5.74, 6) is -0.980. The Balaban J connectivity index is 2.01. The summed E-state index contributed by atoms with van der Waals surface area (Å²) in [7, 11) is 3.89. The molecule has 0 aliphatic heterocycles. The Labute approximate surface area is 164 Å². The first-order valence-electron chi connectivity index (χ1n) is 8.67. The molecule has 1 amide bonds. The molecule has 0 aromatic heterocycles. The number of nitrogens with one attached hydrogen (secondary N) is 2. The van der Waals surface area contributed by atoms with E-state index in [0.717, 1.165) is 11.4 Å². The van der Waals surface area contributed by atoms with Gasteiger partial charge in [-0.25, -0.2) is 4.79 Å². The van der Waals surface area contributed by atoms with Crippen molar-refractivity contribution >= 4 is 28.9 Å². The van der Waals surface area contributed by atoms with Gasteiger partial charge in [0.15, 0.2) is 0 Å². The van der Waals surface area contributed by atoms with E-state index < -0.39 is 11.9 Å². The summed E-state index contributed by atoms with van der Waals surface area (Å²) in [5, 5.41) is 14.8. The molecule has 7 heteroatoms. The molecular weight excluding hydrogens is 356 g/mol. The highest BCUT2D eigenvalue weighted by Gasteiger charge is 2.11. The maximum atomic E-state index is 12.3. The van der Waals surface area contributed by atoms with Gasteiger partial charge in [-0.05, 0) is 55.5 Å². The number of benzene rings is 2. The number of esters is 1. The van der Waals surface area contributed by atoms with Crippen molar-refractivity contribution in [2.45, 2.75) is 6.92 Å². The Hall–Kier alpha value is -3.79. The van der Waals surface area contributed by atoms with Crippen molar-refractivity contribution in [1.29, 1.82) is 5.26 Å². The summed E-state index contributed by atoms with van der Waals surface area (Å²) in [4.78, 5) is 25.9. The minimum atomic E-state index is -0.552. The molecule has 0 radical (unpaired) electrons. The number of hydrogen-bond donors (Lipinski definition) is 2. The lowest BCUT2D eigenvalue weighted by Gasteiger charge is -2.12. The van der Waals surface area contributed by atoms with Gasteiger partial charge in [-0.3, -0.25) is 4.79 Å². The van der Waals surface area contributed by atoms with Crippen LogP contribution >= 0.6 is 0 Å². The fraction of sp³-hybridized carbons (Fsp3) is 0.190. The highest BCUT2D eigenvalue weighted by molar-refractivity contribution is 6.06. The molecule has 0 atom stereocenters. The average molecular weight is 378 g/mol. The first-order chi connectivity index (χ1) is 13.4. The zero-order valence-corrected chi connectivity index (χ0v) is 16.0. The first kappa shape index (κ1) is 20.5. The number of nitrogens with zero attached hydrogens (tertiary/aromatic N) is 2. The van der Waals surface area contributed by atoms with Crippen molar-refractivity contribution in [3.05, 3.63) is 65.9 Å². The topological polar surface area (TPSA) is 94.5 Å². The Morgan fingerprint density at radius 2 is 1.68 bits per heavy atom. The van der Waals surface area contributed by atoms with E-state index in [4.69, 9.17) is 4.74 Å². The Morgan fingerprint density at radius 3 is 2.21 bits per heavy atom. The summed E-state index contributed by atoms with van der Waals surface area (Å²) in [6.45, 7) is 2.02. The molecule has 2 aromatic carbocycles. The van der Waals surface area contributed by atoms with Gasteiger partial charge in [0.05, 0.1) is 12.2 Å². The van der Waals surface area contributed by atoms with Gasteiger partial charge in [0.2, 0.25) is 0 Å². The second-order valence-corrected chi connectivity index (χ2v) is 6.01. The maximum absolute atomic E-state index is 12.3. The first-order valence-corrected chi connectivity index (χ1v) is 8.67. The molecule has 0 saturated heterocycles. The number of rotatable bonds is 7. The molecule has 0 unspecified atom stereocenters. The van der Waals surface area contributed by atoms with Crippen molar-refractivity contribution in [2.24, 2.45) is 0 Å². The molecule has 0 bridgehead atoms. The minimum absolute atomic E-state index is 0.0776. The second kappa shape index (κ2) is 9.78. The molecule has 2 aromatic rings. The highest BCUT2D eigenvalue weighted by atomic mass is 16.5. The van der Waals surface area contributed by atoms with Gasteiger partial charge in [-0.15, -0.1) is 0 Å². The fourth-order valence-electron chi connectivity index (χ4n) is 2.26. The standard InChI is InChI=1S/C21H22N4O3/c1-4-28-21(27)15-5-7-18(8-6-15)24-20(26)16(13-22)14-23-17-9-11-19(12-10-17)25(2)3/h5-12,14,23H,4H2,1-3H3,(H,24,26)/b16-14-. The second-order valence-electron chi connectivity index (χ2n) is 6.01. The highest BCUT2D eigenvalue weighted by Crippen LogP contribution is 2.16.